The molecule has 2 nitrogen and oxygen atoms in total. The molecule has 4 saturated carbocycles. The monoisotopic (exact) mass is 733 g/mol. The fraction of sp³-hybridized carbons (Fsp3) is 0.200. The van der Waals surface area contributed by atoms with Gasteiger partial charge in [0, 0.05) is 52.4 Å². The lowest BCUT2D eigenvalue weighted by Gasteiger charge is -2.62. The zero-order chi connectivity index (χ0) is 35.6. The summed E-state index contributed by atoms with van der Waals surface area (Å²) in [6.07, 6.45) is 6.39. The average Bonchev–Trinajstić information content (AvgIpc) is 3.77. The number of aromatic nitrogens is 1. The Morgan fingerprint density at radius 1 is 0.537 bits per heavy atom. The SMILES string of the molecule is O=P(c1ccccc1)(c1ccccc1)c1cc(C2(n3c4ccccc4c4c5ccccc5ccc43)C3CC4CC(C3)CC2C4)cc2c1sc1ccccc12. The summed E-state index contributed by atoms with van der Waals surface area (Å²) in [5, 5.41) is 10.6. The predicted octanol–water partition coefficient (Wildman–Crippen LogP) is 12.2. The van der Waals surface area contributed by atoms with E-state index in [1.807, 2.05) is 23.5 Å². The molecule has 0 atom stereocenters. The highest BCUT2D eigenvalue weighted by molar-refractivity contribution is 7.86. The van der Waals surface area contributed by atoms with Crippen molar-refractivity contribution in [3.63, 3.8) is 0 Å². The Morgan fingerprint density at radius 3 is 1.83 bits per heavy atom. The number of thiophene rings is 1. The van der Waals surface area contributed by atoms with E-state index in [9.17, 15) is 0 Å². The number of hydrogen-bond acceptors (Lipinski definition) is 2. The lowest BCUT2D eigenvalue weighted by atomic mass is 9.47. The first-order chi connectivity index (χ1) is 26.6. The molecule has 4 bridgehead atoms. The van der Waals surface area contributed by atoms with E-state index in [0.29, 0.717) is 11.8 Å². The molecule has 4 aliphatic carbocycles. The van der Waals surface area contributed by atoms with E-state index in [-0.39, 0.29) is 5.54 Å². The second-order valence-corrected chi connectivity index (χ2v) is 20.2. The van der Waals surface area contributed by atoms with Gasteiger partial charge < -0.3 is 9.13 Å². The van der Waals surface area contributed by atoms with Gasteiger partial charge in [0.1, 0.15) is 0 Å². The average molecular weight is 734 g/mol. The van der Waals surface area contributed by atoms with Gasteiger partial charge in [0.25, 0.3) is 0 Å². The topological polar surface area (TPSA) is 22.0 Å². The summed E-state index contributed by atoms with van der Waals surface area (Å²) in [6.45, 7) is 0. The molecule has 0 saturated heterocycles. The van der Waals surface area contributed by atoms with Crippen molar-refractivity contribution < 1.29 is 4.57 Å². The fourth-order valence-electron chi connectivity index (χ4n) is 12.0. The summed E-state index contributed by atoms with van der Waals surface area (Å²) in [5.74, 6) is 2.56. The highest BCUT2D eigenvalue weighted by Crippen LogP contribution is 2.65. The smallest absolute Gasteiger partial charge is 0.172 e. The molecule has 262 valence electrons. The Balaban J connectivity index is 1.27. The van der Waals surface area contributed by atoms with Gasteiger partial charge in [0.15, 0.2) is 7.14 Å². The number of benzene rings is 7. The summed E-state index contributed by atoms with van der Waals surface area (Å²) in [5.41, 5.74) is 3.71. The largest absolute Gasteiger partial charge is 0.329 e. The summed E-state index contributed by atoms with van der Waals surface area (Å²) < 4.78 is 21.9. The Kier molecular flexibility index (Phi) is 6.71. The van der Waals surface area contributed by atoms with Crippen LogP contribution in [-0.4, -0.2) is 4.57 Å². The van der Waals surface area contributed by atoms with Crippen LogP contribution in [0.2, 0.25) is 0 Å². The van der Waals surface area contributed by atoms with E-state index in [4.69, 9.17) is 0 Å². The minimum Gasteiger partial charge on any atom is -0.329 e. The van der Waals surface area contributed by atoms with Crippen LogP contribution in [0.25, 0.3) is 52.8 Å². The maximum atomic E-state index is 16.6. The zero-order valence-electron chi connectivity index (χ0n) is 30.1. The number of hydrogen-bond donors (Lipinski definition) is 0. The van der Waals surface area contributed by atoms with E-state index in [0.717, 1.165) is 32.4 Å². The van der Waals surface area contributed by atoms with Crippen LogP contribution in [0.1, 0.15) is 37.7 Å². The molecule has 4 heteroatoms. The molecule has 7 aromatic carbocycles. The second-order valence-electron chi connectivity index (χ2n) is 16.4. The molecule has 0 aliphatic heterocycles. The second kappa shape index (κ2) is 11.5. The number of rotatable bonds is 5. The maximum absolute atomic E-state index is 16.6. The predicted molar refractivity (Wildman–Crippen MR) is 230 cm³/mol. The molecule has 2 aromatic heterocycles. The van der Waals surface area contributed by atoms with Gasteiger partial charge in [-0.2, -0.15) is 0 Å². The molecule has 0 amide bonds. The Labute approximate surface area is 319 Å². The van der Waals surface area contributed by atoms with E-state index >= 15 is 4.57 Å². The molecule has 4 aliphatic rings. The van der Waals surface area contributed by atoms with Crippen molar-refractivity contribution in [2.45, 2.75) is 37.6 Å². The highest BCUT2D eigenvalue weighted by Gasteiger charge is 2.60. The molecule has 0 unspecified atom stereocenters. The maximum Gasteiger partial charge on any atom is 0.172 e. The van der Waals surface area contributed by atoms with Crippen molar-refractivity contribution in [3.8, 4) is 0 Å². The number of para-hydroxylation sites is 1. The van der Waals surface area contributed by atoms with E-state index in [2.05, 4.69) is 150 Å². The van der Waals surface area contributed by atoms with E-state index < -0.39 is 7.14 Å². The third-order valence-corrected chi connectivity index (χ3v) is 18.3. The first-order valence-electron chi connectivity index (χ1n) is 19.7. The minimum absolute atomic E-state index is 0.290. The van der Waals surface area contributed by atoms with Crippen molar-refractivity contribution in [1.29, 1.82) is 0 Å². The molecule has 54 heavy (non-hydrogen) atoms. The lowest BCUT2D eigenvalue weighted by Crippen LogP contribution is -2.59. The van der Waals surface area contributed by atoms with Crippen molar-refractivity contribution in [2.24, 2.45) is 23.7 Å². The molecule has 4 fully saturated rings. The van der Waals surface area contributed by atoms with Gasteiger partial charge >= 0.3 is 0 Å². The third-order valence-electron chi connectivity index (χ3n) is 13.8. The summed E-state index contributed by atoms with van der Waals surface area (Å²) >= 11 is 1.81. The molecular formula is C50H40NOPS. The van der Waals surface area contributed by atoms with E-state index in [1.165, 1.54) is 85.7 Å². The van der Waals surface area contributed by atoms with Crippen molar-refractivity contribution >= 4 is 87.1 Å². The summed E-state index contributed by atoms with van der Waals surface area (Å²) in [7, 11) is -3.32. The van der Waals surface area contributed by atoms with Crippen LogP contribution in [0.4, 0.5) is 0 Å². The highest BCUT2D eigenvalue weighted by atomic mass is 32.1. The molecule has 2 heterocycles. The van der Waals surface area contributed by atoms with Gasteiger partial charge in [-0.15, -0.1) is 11.3 Å². The van der Waals surface area contributed by atoms with Crippen molar-refractivity contribution in [2.75, 3.05) is 0 Å². The number of fused-ring (bicyclic) bond motifs is 8. The minimum atomic E-state index is -3.32. The molecule has 0 radical (unpaired) electrons. The standard InChI is InChI=1S/C50H40NOPS/c52-53(38-14-3-1-4-15-38,39-16-5-2-6-17-39)46-31-37(30-43-41-19-10-12-22-47(41)54-49(43)46)50(35-26-32-25-33(28-35)29-36(50)27-32)51-44-21-11-9-20-42(44)48-40-18-8-7-13-34(40)23-24-45(48)51/h1-24,30-33,35-36H,25-29H2. The van der Waals surface area contributed by atoms with Crippen LogP contribution in [0, 0.1) is 23.7 Å². The number of nitrogens with zero attached hydrogens (tertiary/aromatic N) is 1. The molecule has 9 aromatic rings. The zero-order valence-corrected chi connectivity index (χ0v) is 31.8. The van der Waals surface area contributed by atoms with Gasteiger partial charge in [-0.1, -0.05) is 127 Å². The van der Waals surface area contributed by atoms with E-state index in [1.54, 1.807) is 0 Å². The quantitative estimate of drug-likeness (QED) is 0.161. The van der Waals surface area contributed by atoms with Crippen LogP contribution in [0.15, 0.2) is 158 Å². The normalized spacial score (nSPS) is 23.7. The van der Waals surface area contributed by atoms with Crippen LogP contribution in [0.3, 0.4) is 0 Å². The van der Waals surface area contributed by atoms with Gasteiger partial charge in [0.2, 0.25) is 0 Å². The van der Waals surface area contributed by atoms with Crippen LogP contribution in [-0.2, 0) is 10.1 Å². The van der Waals surface area contributed by atoms with Gasteiger partial charge in [0.05, 0.1) is 11.1 Å². The molecule has 13 rings (SSSR count). The summed E-state index contributed by atoms with van der Waals surface area (Å²) in [6, 6.07) is 57.5. The third kappa shape index (κ3) is 4.15. The van der Waals surface area contributed by atoms with Crippen LogP contribution >= 0.6 is 18.5 Å². The molecular weight excluding hydrogens is 694 g/mol. The van der Waals surface area contributed by atoms with Gasteiger partial charge in [-0.3, -0.25) is 0 Å². The first kappa shape index (κ1) is 31.4. The van der Waals surface area contributed by atoms with Gasteiger partial charge in [-0.25, -0.2) is 0 Å². The van der Waals surface area contributed by atoms with Crippen molar-refractivity contribution in [1.82, 2.24) is 4.57 Å². The van der Waals surface area contributed by atoms with Crippen LogP contribution < -0.4 is 15.9 Å². The van der Waals surface area contributed by atoms with Crippen LogP contribution in [0.5, 0.6) is 0 Å². The molecule has 0 spiro atoms. The Morgan fingerprint density at radius 2 is 1.13 bits per heavy atom. The van der Waals surface area contributed by atoms with Gasteiger partial charge in [-0.05, 0) is 102 Å². The first-order valence-corrected chi connectivity index (χ1v) is 22.2. The summed E-state index contributed by atoms with van der Waals surface area (Å²) in [4.78, 5) is 0. The van der Waals surface area contributed by atoms with Crippen molar-refractivity contribution in [3.05, 3.63) is 163 Å². The molecule has 0 N–H and O–H groups in total. The Hall–Kier alpha value is -4.95. The Bertz CT molecular complexity index is 2920. The lowest BCUT2D eigenvalue weighted by molar-refractivity contribution is -0.0718. The fourth-order valence-corrected chi connectivity index (χ4v) is 16.4.